The van der Waals surface area contributed by atoms with E-state index in [1.165, 1.54) is 29.3 Å². The van der Waals surface area contributed by atoms with Crippen LogP contribution in [0.3, 0.4) is 0 Å². The summed E-state index contributed by atoms with van der Waals surface area (Å²) in [5.74, 6) is -2.61. The van der Waals surface area contributed by atoms with Crippen molar-refractivity contribution in [3.8, 4) is 0 Å². The number of rotatable bonds is 13. The molecule has 0 aromatic heterocycles. The smallest absolute Gasteiger partial charge is 0.336 e. The Labute approximate surface area is 251 Å². The minimum absolute atomic E-state index is 0.0517. The van der Waals surface area contributed by atoms with Crippen molar-refractivity contribution in [1.82, 2.24) is 10.2 Å². The molecular formula is C34H37N3O6. The molecule has 0 radical (unpaired) electrons. The summed E-state index contributed by atoms with van der Waals surface area (Å²) in [4.78, 5) is 38.7. The first-order chi connectivity index (χ1) is 20.7. The SMILES string of the molecule is CC1=C(C(=O)O)C(c2cccc([N+](=O)[O-])c2)C(C(=O)OCCCN(C)CCC(c2ccccc2)c2ccccc2)=C(C)N1. The molecule has 224 valence electrons. The van der Waals surface area contributed by atoms with Gasteiger partial charge in [0, 0.05) is 36.0 Å². The Kier molecular flexibility index (Phi) is 10.5. The molecule has 4 rings (SSSR count). The third kappa shape index (κ3) is 7.75. The second-order valence-electron chi connectivity index (χ2n) is 10.7. The molecule has 0 spiro atoms. The molecule has 0 saturated heterocycles. The molecule has 0 saturated carbocycles. The number of nitrogens with zero attached hydrogens (tertiary/aromatic N) is 2. The van der Waals surface area contributed by atoms with Gasteiger partial charge < -0.3 is 20.1 Å². The number of allylic oxidation sites excluding steroid dienone is 2. The number of carbonyl (C=O) groups excluding carboxylic acids is 1. The Morgan fingerprint density at radius 1 is 0.930 bits per heavy atom. The highest BCUT2D eigenvalue weighted by atomic mass is 16.6. The molecule has 0 aliphatic carbocycles. The maximum atomic E-state index is 13.4. The van der Waals surface area contributed by atoms with Crippen molar-refractivity contribution in [3.63, 3.8) is 0 Å². The van der Waals surface area contributed by atoms with Gasteiger partial charge in [0.15, 0.2) is 0 Å². The minimum atomic E-state index is -1.22. The van der Waals surface area contributed by atoms with Crippen LogP contribution in [0, 0.1) is 10.1 Å². The summed E-state index contributed by atoms with van der Waals surface area (Å²) in [6.45, 7) is 4.97. The van der Waals surface area contributed by atoms with E-state index in [-0.39, 0.29) is 29.4 Å². The highest BCUT2D eigenvalue weighted by Gasteiger charge is 2.37. The van der Waals surface area contributed by atoms with Gasteiger partial charge >= 0.3 is 11.9 Å². The van der Waals surface area contributed by atoms with Gasteiger partial charge in [0.25, 0.3) is 5.69 Å². The zero-order valence-electron chi connectivity index (χ0n) is 24.7. The summed E-state index contributed by atoms with van der Waals surface area (Å²) in [7, 11) is 2.04. The van der Waals surface area contributed by atoms with Crippen molar-refractivity contribution < 1.29 is 24.4 Å². The summed E-state index contributed by atoms with van der Waals surface area (Å²) >= 11 is 0. The molecule has 9 nitrogen and oxygen atoms in total. The second kappa shape index (κ2) is 14.4. The summed E-state index contributed by atoms with van der Waals surface area (Å²) in [6, 6.07) is 26.6. The first-order valence-corrected chi connectivity index (χ1v) is 14.3. The molecule has 9 heteroatoms. The van der Waals surface area contributed by atoms with Crippen LogP contribution in [0.1, 0.15) is 55.2 Å². The third-order valence-electron chi connectivity index (χ3n) is 7.75. The van der Waals surface area contributed by atoms with E-state index in [1.54, 1.807) is 19.9 Å². The van der Waals surface area contributed by atoms with Crippen molar-refractivity contribution in [1.29, 1.82) is 0 Å². The number of nitro benzene ring substituents is 1. The number of ether oxygens (including phenoxy) is 1. The van der Waals surface area contributed by atoms with Crippen molar-refractivity contribution in [2.75, 3.05) is 26.7 Å². The maximum Gasteiger partial charge on any atom is 0.336 e. The van der Waals surface area contributed by atoms with Crippen LogP contribution in [0.2, 0.25) is 0 Å². The Balaban J connectivity index is 1.39. The number of benzene rings is 3. The maximum absolute atomic E-state index is 13.4. The van der Waals surface area contributed by atoms with E-state index in [9.17, 15) is 24.8 Å². The van der Waals surface area contributed by atoms with Gasteiger partial charge in [0.05, 0.1) is 28.6 Å². The lowest BCUT2D eigenvalue weighted by atomic mass is 9.80. The first kappa shape index (κ1) is 31.2. The van der Waals surface area contributed by atoms with Gasteiger partial charge in [-0.05, 0) is 57.0 Å². The van der Waals surface area contributed by atoms with Gasteiger partial charge in [-0.3, -0.25) is 10.1 Å². The quantitative estimate of drug-likeness (QED) is 0.109. The molecular weight excluding hydrogens is 546 g/mol. The molecule has 3 aromatic rings. The number of aliphatic carboxylic acids is 1. The largest absolute Gasteiger partial charge is 0.478 e. The van der Waals surface area contributed by atoms with E-state index in [4.69, 9.17) is 4.74 Å². The topological polar surface area (TPSA) is 122 Å². The molecule has 1 unspecified atom stereocenters. The summed E-state index contributed by atoms with van der Waals surface area (Å²) < 4.78 is 5.65. The lowest BCUT2D eigenvalue weighted by Crippen LogP contribution is -2.32. The molecule has 1 atom stereocenters. The zero-order valence-corrected chi connectivity index (χ0v) is 24.7. The molecule has 43 heavy (non-hydrogen) atoms. The van der Waals surface area contributed by atoms with Crippen molar-refractivity contribution in [3.05, 3.63) is 134 Å². The second-order valence-corrected chi connectivity index (χ2v) is 10.7. The van der Waals surface area contributed by atoms with Crippen LogP contribution in [0.15, 0.2) is 107 Å². The highest BCUT2D eigenvalue weighted by Crippen LogP contribution is 2.39. The summed E-state index contributed by atoms with van der Waals surface area (Å²) in [5, 5.41) is 24.4. The standard InChI is InChI=1S/C34H37N3O6/c1-23-30(33(38)39)32(27-16-10-17-28(22-27)37(41)42)31(24(2)35-23)34(40)43-21-11-19-36(3)20-18-29(25-12-6-4-7-13-25)26-14-8-5-9-15-26/h4-10,12-17,22,29,32,35H,11,18-21H2,1-3H3,(H,38,39). The average Bonchev–Trinajstić information content (AvgIpc) is 3.00. The van der Waals surface area contributed by atoms with Gasteiger partial charge in [-0.15, -0.1) is 0 Å². The fraction of sp³-hybridized carbons (Fsp3) is 0.294. The number of hydrogen-bond donors (Lipinski definition) is 2. The molecule has 1 heterocycles. The predicted octanol–water partition coefficient (Wildman–Crippen LogP) is 6.00. The molecule has 0 bridgehead atoms. The molecule has 0 amide bonds. The van der Waals surface area contributed by atoms with Crippen LogP contribution < -0.4 is 5.32 Å². The van der Waals surface area contributed by atoms with Crippen molar-refractivity contribution in [2.45, 2.75) is 38.5 Å². The number of esters is 1. The van der Waals surface area contributed by atoms with Crippen LogP contribution >= 0.6 is 0 Å². The Bertz CT molecular complexity index is 1480. The minimum Gasteiger partial charge on any atom is -0.478 e. The Morgan fingerprint density at radius 3 is 2.12 bits per heavy atom. The number of hydrogen-bond acceptors (Lipinski definition) is 7. The van der Waals surface area contributed by atoms with E-state index in [0.717, 1.165) is 13.0 Å². The number of dihydropyridines is 1. The van der Waals surface area contributed by atoms with Crippen LogP contribution in [0.25, 0.3) is 0 Å². The Hall–Kier alpha value is -4.76. The fourth-order valence-corrected chi connectivity index (χ4v) is 5.63. The van der Waals surface area contributed by atoms with Gasteiger partial charge in [-0.25, -0.2) is 9.59 Å². The highest BCUT2D eigenvalue weighted by molar-refractivity contribution is 5.99. The van der Waals surface area contributed by atoms with Crippen LogP contribution in [0.5, 0.6) is 0 Å². The van der Waals surface area contributed by atoms with Gasteiger partial charge in [0.2, 0.25) is 0 Å². The number of carboxylic acid groups (broad SMARTS) is 1. The van der Waals surface area contributed by atoms with Gasteiger partial charge in [-0.2, -0.15) is 0 Å². The molecule has 0 fully saturated rings. The average molecular weight is 584 g/mol. The number of carbonyl (C=O) groups is 2. The normalized spacial score (nSPS) is 15.0. The van der Waals surface area contributed by atoms with E-state index in [2.05, 4.69) is 58.7 Å². The van der Waals surface area contributed by atoms with Crippen LogP contribution in [-0.2, 0) is 14.3 Å². The first-order valence-electron chi connectivity index (χ1n) is 14.3. The molecule has 2 N–H and O–H groups in total. The number of non-ortho nitro benzene ring substituents is 1. The predicted molar refractivity (Wildman–Crippen MR) is 164 cm³/mol. The van der Waals surface area contributed by atoms with Crippen LogP contribution in [0.4, 0.5) is 5.69 Å². The number of nitrogens with one attached hydrogen (secondary N) is 1. The van der Waals surface area contributed by atoms with Crippen molar-refractivity contribution >= 4 is 17.6 Å². The summed E-state index contributed by atoms with van der Waals surface area (Å²) in [6.07, 6.45) is 1.52. The monoisotopic (exact) mass is 583 g/mol. The van der Waals surface area contributed by atoms with E-state index in [1.807, 2.05) is 19.2 Å². The molecule has 1 aliphatic heterocycles. The number of carboxylic acids is 1. The van der Waals surface area contributed by atoms with Crippen LogP contribution in [-0.4, -0.2) is 53.6 Å². The van der Waals surface area contributed by atoms with E-state index >= 15 is 0 Å². The molecule has 1 aliphatic rings. The lowest BCUT2D eigenvalue weighted by Gasteiger charge is -2.29. The van der Waals surface area contributed by atoms with Gasteiger partial charge in [-0.1, -0.05) is 72.8 Å². The van der Waals surface area contributed by atoms with Crippen molar-refractivity contribution in [2.24, 2.45) is 0 Å². The van der Waals surface area contributed by atoms with Gasteiger partial charge in [0.1, 0.15) is 0 Å². The Morgan fingerprint density at radius 2 is 1.53 bits per heavy atom. The summed E-state index contributed by atoms with van der Waals surface area (Å²) in [5.41, 5.74) is 3.58. The zero-order chi connectivity index (χ0) is 30.9. The van der Waals surface area contributed by atoms with E-state index < -0.39 is 22.8 Å². The lowest BCUT2D eigenvalue weighted by molar-refractivity contribution is -0.384. The third-order valence-corrected chi connectivity index (χ3v) is 7.75. The fourth-order valence-electron chi connectivity index (χ4n) is 5.63. The molecule has 3 aromatic carbocycles. The van der Waals surface area contributed by atoms with E-state index in [0.29, 0.717) is 29.9 Å². The number of nitro groups is 1.